The molecule has 38 valence electrons. The van der Waals surface area contributed by atoms with Gasteiger partial charge in [0, 0.05) is 0 Å². The molecule has 0 saturated carbocycles. The standard InChI is InChI=1S/C6H8O/c1-3-6(2)4-7-5-6/h1H,4-5H2,2H3. The van der Waals surface area contributed by atoms with Crippen LogP contribution in [0.25, 0.3) is 0 Å². The van der Waals surface area contributed by atoms with Gasteiger partial charge in [-0.1, -0.05) is 5.92 Å². The molecule has 1 rings (SSSR count). The van der Waals surface area contributed by atoms with E-state index in [4.69, 9.17) is 11.2 Å². The molecule has 0 atom stereocenters. The van der Waals surface area contributed by atoms with Gasteiger partial charge in [0.25, 0.3) is 0 Å². The zero-order valence-electron chi connectivity index (χ0n) is 4.40. The van der Waals surface area contributed by atoms with E-state index in [0.717, 1.165) is 13.2 Å². The monoisotopic (exact) mass is 96.1 g/mol. The zero-order valence-corrected chi connectivity index (χ0v) is 4.40. The molecule has 1 nitrogen and oxygen atoms in total. The maximum absolute atomic E-state index is 5.14. The second-order valence-electron chi connectivity index (χ2n) is 2.20. The smallest absolute Gasteiger partial charge is 0.0749 e. The molecule has 0 radical (unpaired) electrons. The molecule has 0 aromatic heterocycles. The first-order valence-electron chi connectivity index (χ1n) is 2.32. The van der Waals surface area contributed by atoms with Crippen LogP contribution in [-0.2, 0) is 4.74 Å². The van der Waals surface area contributed by atoms with Gasteiger partial charge < -0.3 is 4.74 Å². The van der Waals surface area contributed by atoms with Crippen LogP contribution in [0, 0.1) is 17.8 Å². The molecule has 0 bridgehead atoms. The van der Waals surface area contributed by atoms with Crippen LogP contribution in [0.15, 0.2) is 0 Å². The molecule has 1 fully saturated rings. The Balaban J connectivity index is 2.48. The lowest BCUT2D eigenvalue weighted by atomic mass is 9.90. The summed E-state index contributed by atoms with van der Waals surface area (Å²) in [5, 5.41) is 0. The van der Waals surface area contributed by atoms with Crippen molar-refractivity contribution in [2.75, 3.05) is 13.2 Å². The topological polar surface area (TPSA) is 9.23 Å². The Morgan fingerprint density at radius 1 is 1.71 bits per heavy atom. The van der Waals surface area contributed by atoms with Gasteiger partial charge in [0.2, 0.25) is 0 Å². The van der Waals surface area contributed by atoms with Crippen molar-refractivity contribution in [1.29, 1.82) is 0 Å². The molecule has 0 spiro atoms. The predicted molar refractivity (Wildman–Crippen MR) is 27.8 cm³/mol. The first kappa shape index (κ1) is 4.67. The van der Waals surface area contributed by atoms with Gasteiger partial charge >= 0.3 is 0 Å². The molecule has 0 amide bonds. The molecule has 1 aliphatic rings. The minimum Gasteiger partial charge on any atom is -0.378 e. The minimum absolute atomic E-state index is 0.0694. The van der Waals surface area contributed by atoms with Crippen molar-refractivity contribution >= 4 is 0 Å². The van der Waals surface area contributed by atoms with E-state index in [1.54, 1.807) is 0 Å². The highest BCUT2D eigenvalue weighted by Crippen LogP contribution is 2.24. The minimum atomic E-state index is 0.0694. The zero-order chi connectivity index (χ0) is 5.33. The normalized spacial score (nSPS) is 25.1. The Morgan fingerprint density at radius 3 is 2.29 bits per heavy atom. The third-order valence-corrected chi connectivity index (χ3v) is 1.19. The summed E-state index contributed by atoms with van der Waals surface area (Å²) in [4.78, 5) is 0. The van der Waals surface area contributed by atoms with E-state index in [2.05, 4.69) is 5.92 Å². The SMILES string of the molecule is C#CC1(C)COC1. The number of rotatable bonds is 0. The van der Waals surface area contributed by atoms with Crippen LogP contribution in [0.1, 0.15) is 6.92 Å². The van der Waals surface area contributed by atoms with Crippen LogP contribution < -0.4 is 0 Å². The first-order chi connectivity index (χ1) is 3.27. The van der Waals surface area contributed by atoms with E-state index >= 15 is 0 Å². The van der Waals surface area contributed by atoms with Gasteiger partial charge in [0.15, 0.2) is 0 Å². The Hall–Kier alpha value is -0.480. The summed E-state index contributed by atoms with van der Waals surface area (Å²) in [6, 6.07) is 0. The number of ether oxygens (including phenoxy) is 1. The largest absolute Gasteiger partial charge is 0.378 e. The highest BCUT2D eigenvalue weighted by molar-refractivity contribution is 5.06. The van der Waals surface area contributed by atoms with E-state index in [1.807, 2.05) is 6.92 Å². The summed E-state index contributed by atoms with van der Waals surface area (Å²) in [7, 11) is 0. The lowest BCUT2D eigenvalue weighted by Gasteiger charge is -2.32. The lowest BCUT2D eigenvalue weighted by Crippen LogP contribution is -2.37. The fourth-order valence-corrected chi connectivity index (χ4v) is 0.492. The summed E-state index contributed by atoms with van der Waals surface area (Å²) in [5.41, 5.74) is 0.0694. The molecular formula is C6H8O. The summed E-state index contributed by atoms with van der Waals surface area (Å²) >= 11 is 0. The lowest BCUT2D eigenvalue weighted by molar-refractivity contribution is -0.0647. The molecule has 1 aliphatic heterocycles. The first-order valence-corrected chi connectivity index (χ1v) is 2.32. The Labute approximate surface area is 43.7 Å². The molecule has 7 heavy (non-hydrogen) atoms. The second-order valence-corrected chi connectivity index (χ2v) is 2.20. The molecule has 0 aliphatic carbocycles. The highest BCUT2D eigenvalue weighted by Gasteiger charge is 2.30. The van der Waals surface area contributed by atoms with Crippen molar-refractivity contribution in [2.45, 2.75) is 6.92 Å². The van der Waals surface area contributed by atoms with Crippen LogP contribution in [0.2, 0.25) is 0 Å². The van der Waals surface area contributed by atoms with E-state index in [0.29, 0.717) is 0 Å². The van der Waals surface area contributed by atoms with Crippen LogP contribution in [0.3, 0.4) is 0 Å². The highest BCUT2D eigenvalue weighted by atomic mass is 16.5. The van der Waals surface area contributed by atoms with Crippen molar-refractivity contribution in [3.8, 4) is 12.3 Å². The number of hydrogen-bond donors (Lipinski definition) is 0. The van der Waals surface area contributed by atoms with Crippen molar-refractivity contribution in [3.05, 3.63) is 0 Å². The molecule has 1 heterocycles. The van der Waals surface area contributed by atoms with Crippen LogP contribution in [0.4, 0.5) is 0 Å². The predicted octanol–water partition coefficient (Wildman–Crippen LogP) is 0.656. The molecule has 0 unspecified atom stereocenters. The summed E-state index contributed by atoms with van der Waals surface area (Å²) < 4.78 is 4.89. The molecular weight excluding hydrogens is 88.1 g/mol. The summed E-state index contributed by atoms with van der Waals surface area (Å²) in [6.07, 6.45) is 5.14. The van der Waals surface area contributed by atoms with Gasteiger partial charge in [-0.2, -0.15) is 0 Å². The summed E-state index contributed by atoms with van der Waals surface area (Å²) in [5.74, 6) is 2.65. The average molecular weight is 96.1 g/mol. The van der Waals surface area contributed by atoms with E-state index in [9.17, 15) is 0 Å². The Morgan fingerprint density at radius 2 is 2.29 bits per heavy atom. The maximum Gasteiger partial charge on any atom is 0.0749 e. The quantitative estimate of drug-likeness (QED) is 0.402. The van der Waals surface area contributed by atoms with E-state index in [-0.39, 0.29) is 5.41 Å². The summed E-state index contributed by atoms with van der Waals surface area (Å²) in [6.45, 7) is 3.50. The van der Waals surface area contributed by atoms with Gasteiger partial charge in [0.1, 0.15) is 0 Å². The second kappa shape index (κ2) is 1.24. The van der Waals surface area contributed by atoms with Gasteiger partial charge in [-0.3, -0.25) is 0 Å². The Bertz CT molecular complexity index is 106. The van der Waals surface area contributed by atoms with E-state index in [1.165, 1.54) is 0 Å². The molecule has 1 saturated heterocycles. The number of hydrogen-bond acceptors (Lipinski definition) is 1. The van der Waals surface area contributed by atoms with Crippen LogP contribution >= 0.6 is 0 Å². The van der Waals surface area contributed by atoms with E-state index < -0.39 is 0 Å². The van der Waals surface area contributed by atoms with Gasteiger partial charge in [0.05, 0.1) is 18.6 Å². The fraction of sp³-hybridized carbons (Fsp3) is 0.667. The fourth-order valence-electron chi connectivity index (χ4n) is 0.492. The van der Waals surface area contributed by atoms with Crippen LogP contribution in [0.5, 0.6) is 0 Å². The Kier molecular flexibility index (Phi) is 0.831. The van der Waals surface area contributed by atoms with Crippen molar-refractivity contribution in [2.24, 2.45) is 5.41 Å². The van der Waals surface area contributed by atoms with Crippen LogP contribution in [-0.4, -0.2) is 13.2 Å². The molecule has 0 aromatic rings. The molecule has 1 heteroatoms. The third-order valence-electron chi connectivity index (χ3n) is 1.19. The van der Waals surface area contributed by atoms with Crippen molar-refractivity contribution in [3.63, 3.8) is 0 Å². The maximum atomic E-state index is 5.14. The van der Waals surface area contributed by atoms with Crippen molar-refractivity contribution in [1.82, 2.24) is 0 Å². The van der Waals surface area contributed by atoms with Gasteiger partial charge in [-0.25, -0.2) is 0 Å². The molecule has 0 N–H and O–H groups in total. The molecule has 0 aromatic carbocycles. The van der Waals surface area contributed by atoms with Gasteiger partial charge in [-0.15, -0.1) is 6.42 Å². The van der Waals surface area contributed by atoms with Crippen molar-refractivity contribution < 1.29 is 4.74 Å². The number of terminal acetylenes is 1. The average Bonchev–Trinajstić information content (AvgIpc) is 1.61. The van der Waals surface area contributed by atoms with Gasteiger partial charge in [-0.05, 0) is 6.92 Å². The third kappa shape index (κ3) is 0.618.